The number of hydrogen-bond acceptors (Lipinski definition) is 4. The molecule has 2 aliphatic rings. The lowest BCUT2D eigenvalue weighted by atomic mass is 9.94. The molecule has 0 radical (unpaired) electrons. The van der Waals surface area contributed by atoms with Crippen LogP contribution in [0.15, 0.2) is 0 Å². The standard InChI is InChI=1S/C16H24N2O2S/c1-3-13-17-11-5-4-6-12(15(11)21-13)18(2)10-16(7-8-16)9-14(19)20/h12H,3-10H2,1-2H3,(H,19,20)/t12-/m0/s1. The number of thiazole rings is 1. The van der Waals surface area contributed by atoms with Gasteiger partial charge < -0.3 is 5.11 Å². The first-order valence-electron chi connectivity index (χ1n) is 7.93. The number of carbonyl (C=O) groups is 1. The van der Waals surface area contributed by atoms with Crippen molar-refractivity contribution >= 4 is 17.3 Å². The molecule has 0 spiro atoms. The molecule has 0 amide bonds. The Hall–Kier alpha value is -0.940. The first-order chi connectivity index (χ1) is 10.0. The van der Waals surface area contributed by atoms with Crippen LogP contribution >= 0.6 is 11.3 Å². The van der Waals surface area contributed by atoms with Gasteiger partial charge in [0.25, 0.3) is 0 Å². The van der Waals surface area contributed by atoms with Crippen LogP contribution in [0.3, 0.4) is 0 Å². The Morgan fingerprint density at radius 3 is 2.90 bits per heavy atom. The van der Waals surface area contributed by atoms with Crippen LogP contribution in [0, 0.1) is 5.41 Å². The molecule has 1 heterocycles. The van der Waals surface area contributed by atoms with Crippen molar-refractivity contribution in [1.29, 1.82) is 0 Å². The molecular formula is C16H24N2O2S. The van der Waals surface area contributed by atoms with Gasteiger partial charge in [-0.1, -0.05) is 6.92 Å². The minimum absolute atomic E-state index is 0.0382. The zero-order chi connectivity index (χ0) is 15.0. The van der Waals surface area contributed by atoms with Gasteiger partial charge in [-0.15, -0.1) is 11.3 Å². The summed E-state index contributed by atoms with van der Waals surface area (Å²) in [6.07, 6.45) is 6.93. The number of aromatic nitrogens is 1. The summed E-state index contributed by atoms with van der Waals surface area (Å²) in [5.74, 6) is -0.656. The fourth-order valence-electron chi connectivity index (χ4n) is 3.55. The number of nitrogens with zero attached hydrogens (tertiary/aromatic N) is 2. The maximum atomic E-state index is 11.0. The first kappa shape index (κ1) is 15.0. The summed E-state index contributed by atoms with van der Waals surface area (Å²) in [5.41, 5.74) is 1.33. The van der Waals surface area contributed by atoms with Crippen LogP contribution in [0.5, 0.6) is 0 Å². The van der Waals surface area contributed by atoms with Gasteiger partial charge in [-0.05, 0) is 51.0 Å². The van der Waals surface area contributed by atoms with Crippen molar-refractivity contribution in [3.63, 3.8) is 0 Å². The summed E-state index contributed by atoms with van der Waals surface area (Å²) in [7, 11) is 2.16. The first-order valence-corrected chi connectivity index (χ1v) is 8.75. The molecule has 0 aromatic carbocycles. The number of hydrogen-bond donors (Lipinski definition) is 1. The van der Waals surface area contributed by atoms with E-state index in [9.17, 15) is 4.79 Å². The van der Waals surface area contributed by atoms with Crippen LogP contribution in [0.4, 0.5) is 0 Å². The van der Waals surface area contributed by atoms with Gasteiger partial charge in [-0.3, -0.25) is 9.69 Å². The molecule has 5 heteroatoms. The average molecular weight is 308 g/mol. The summed E-state index contributed by atoms with van der Waals surface area (Å²) in [6, 6.07) is 0.442. The summed E-state index contributed by atoms with van der Waals surface area (Å²) in [6.45, 7) is 3.07. The molecular weight excluding hydrogens is 284 g/mol. The summed E-state index contributed by atoms with van der Waals surface area (Å²) in [5, 5.41) is 10.3. The highest BCUT2D eigenvalue weighted by atomic mass is 32.1. The van der Waals surface area contributed by atoms with E-state index < -0.39 is 5.97 Å². The normalized spacial score (nSPS) is 23.1. The smallest absolute Gasteiger partial charge is 0.303 e. The quantitative estimate of drug-likeness (QED) is 0.876. The lowest BCUT2D eigenvalue weighted by Gasteiger charge is -2.33. The second kappa shape index (κ2) is 5.69. The number of carboxylic acids is 1. The Labute approximate surface area is 130 Å². The van der Waals surface area contributed by atoms with Gasteiger partial charge in [-0.25, -0.2) is 4.98 Å². The van der Waals surface area contributed by atoms with Crippen LogP contribution in [-0.2, 0) is 17.6 Å². The SMILES string of the molecule is CCc1nc2c(s1)[C@@H](N(C)CC1(CC(=O)O)CC1)CCC2. The van der Waals surface area contributed by atoms with Crippen molar-refractivity contribution in [2.75, 3.05) is 13.6 Å². The predicted octanol–water partition coefficient (Wildman–Crippen LogP) is 3.27. The Bertz CT molecular complexity index is 536. The van der Waals surface area contributed by atoms with E-state index in [4.69, 9.17) is 10.1 Å². The van der Waals surface area contributed by atoms with Crippen molar-refractivity contribution in [2.24, 2.45) is 5.41 Å². The number of aryl methyl sites for hydroxylation is 2. The van der Waals surface area contributed by atoms with E-state index in [0.717, 1.165) is 32.2 Å². The maximum Gasteiger partial charge on any atom is 0.303 e. The third-order valence-electron chi connectivity index (χ3n) is 4.87. The molecule has 3 rings (SSSR count). The largest absolute Gasteiger partial charge is 0.481 e. The molecule has 1 atom stereocenters. The van der Waals surface area contributed by atoms with Gasteiger partial charge in [0.05, 0.1) is 17.1 Å². The van der Waals surface area contributed by atoms with E-state index in [1.807, 2.05) is 11.3 Å². The molecule has 0 aliphatic heterocycles. The van der Waals surface area contributed by atoms with E-state index in [-0.39, 0.29) is 5.41 Å². The third kappa shape index (κ3) is 3.14. The summed E-state index contributed by atoms with van der Waals surface area (Å²) in [4.78, 5) is 19.6. The highest BCUT2D eigenvalue weighted by molar-refractivity contribution is 7.11. The number of carboxylic acid groups (broad SMARTS) is 1. The molecule has 0 unspecified atom stereocenters. The molecule has 1 aromatic rings. The maximum absolute atomic E-state index is 11.0. The molecule has 0 saturated heterocycles. The second-order valence-electron chi connectivity index (χ2n) is 6.67. The highest BCUT2D eigenvalue weighted by Crippen LogP contribution is 2.51. The predicted molar refractivity (Wildman–Crippen MR) is 83.7 cm³/mol. The molecule has 0 bridgehead atoms. The molecule has 1 saturated carbocycles. The van der Waals surface area contributed by atoms with Crippen LogP contribution < -0.4 is 0 Å². The molecule has 1 aromatic heterocycles. The van der Waals surface area contributed by atoms with E-state index in [2.05, 4.69) is 18.9 Å². The second-order valence-corrected chi connectivity index (χ2v) is 7.78. The molecule has 4 nitrogen and oxygen atoms in total. The Kier molecular flexibility index (Phi) is 4.06. The van der Waals surface area contributed by atoms with E-state index >= 15 is 0 Å². The molecule has 2 aliphatic carbocycles. The zero-order valence-electron chi connectivity index (χ0n) is 12.9. The summed E-state index contributed by atoms with van der Waals surface area (Å²) >= 11 is 1.86. The van der Waals surface area contributed by atoms with Gasteiger partial charge in [0, 0.05) is 17.5 Å². The lowest BCUT2D eigenvalue weighted by molar-refractivity contribution is -0.138. The monoisotopic (exact) mass is 308 g/mol. The van der Waals surface area contributed by atoms with Crippen molar-refractivity contribution in [1.82, 2.24) is 9.88 Å². The fraction of sp³-hybridized carbons (Fsp3) is 0.750. The van der Waals surface area contributed by atoms with Gasteiger partial charge in [0.1, 0.15) is 0 Å². The zero-order valence-corrected chi connectivity index (χ0v) is 13.7. The van der Waals surface area contributed by atoms with Crippen LogP contribution in [0.25, 0.3) is 0 Å². The number of aliphatic carboxylic acids is 1. The van der Waals surface area contributed by atoms with Gasteiger partial charge in [-0.2, -0.15) is 0 Å². The van der Waals surface area contributed by atoms with Crippen LogP contribution in [0.2, 0.25) is 0 Å². The topological polar surface area (TPSA) is 53.4 Å². The molecule has 1 fully saturated rings. The Balaban J connectivity index is 1.73. The number of rotatable bonds is 6. The molecule has 21 heavy (non-hydrogen) atoms. The van der Waals surface area contributed by atoms with Gasteiger partial charge in [0.2, 0.25) is 0 Å². The Morgan fingerprint density at radius 2 is 2.29 bits per heavy atom. The number of fused-ring (bicyclic) bond motifs is 1. The van der Waals surface area contributed by atoms with Crippen molar-refractivity contribution in [3.8, 4) is 0 Å². The van der Waals surface area contributed by atoms with Crippen LogP contribution in [0.1, 0.15) is 60.6 Å². The average Bonchev–Trinajstić information content (AvgIpc) is 3.03. The van der Waals surface area contributed by atoms with Crippen molar-refractivity contribution in [2.45, 2.75) is 57.9 Å². The minimum Gasteiger partial charge on any atom is -0.481 e. The highest BCUT2D eigenvalue weighted by Gasteiger charge is 2.46. The van der Waals surface area contributed by atoms with Crippen molar-refractivity contribution in [3.05, 3.63) is 15.6 Å². The minimum atomic E-state index is -0.656. The third-order valence-corrected chi connectivity index (χ3v) is 6.21. The van der Waals surface area contributed by atoms with Gasteiger partial charge in [0.15, 0.2) is 0 Å². The van der Waals surface area contributed by atoms with E-state index in [1.54, 1.807) is 0 Å². The summed E-state index contributed by atoms with van der Waals surface area (Å²) < 4.78 is 0. The Morgan fingerprint density at radius 1 is 1.52 bits per heavy atom. The molecule has 1 N–H and O–H groups in total. The van der Waals surface area contributed by atoms with Crippen molar-refractivity contribution < 1.29 is 9.90 Å². The van der Waals surface area contributed by atoms with Gasteiger partial charge >= 0.3 is 5.97 Å². The van der Waals surface area contributed by atoms with Crippen LogP contribution in [-0.4, -0.2) is 34.6 Å². The van der Waals surface area contributed by atoms with E-state index in [0.29, 0.717) is 12.5 Å². The van der Waals surface area contributed by atoms with E-state index in [1.165, 1.54) is 28.4 Å². The fourth-order valence-corrected chi connectivity index (χ4v) is 4.80. The lowest BCUT2D eigenvalue weighted by Crippen LogP contribution is -2.33. The molecule has 116 valence electrons.